The summed E-state index contributed by atoms with van der Waals surface area (Å²) in [7, 11) is -3.85. The van der Waals surface area contributed by atoms with Gasteiger partial charge >= 0.3 is 0 Å². The van der Waals surface area contributed by atoms with Crippen molar-refractivity contribution < 1.29 is 13.2 Å². The average Bonchev–Trinajstić information content (AvgIpc) is 2.79. The summed E-state index contributed by atoms with van der Waals surface area (Å²) >= 11 is 0. The fourth-order valence-electron chi connectivity index (χ4n) is 3.84. The minimum absolute atomic E-state index is 0.0146. The third kappa shape index (κ3) is 4.73. The summed E-state index contributed by atoms with van der Waals surface area (Å²) in [5.41, 5.74) is 8.29. The Hall–Kier alpha value is -3.45. The first kappa shape index (κ1) is 21.8. The van der Waals surface area contributed by atoms with Crippen molar-refractivity contribution in [3.8, 4) is 0 Å². The second-order valence-electron chi connectivity index (χ2n) is 7.96. The number of hydrogen-bond acceptors (Lipinski definition) is 4. The first-order valence-corrected chi connectivity index (χ1v) is 12.0. The second kappa shape index (κ2) is 8.96. The van der Waals surface area contributed by atoms with E-state index in [1.165, 1.54) is 17.7 Å². The second-order valence-corrected chi connectivity index (χ2v) is 9.64. The first-order valence-electron chi connectivity index (χ1n) is 10.5. The third-order valence-corrected chi connectivity index (χ3v) is 6.88. The number of sulfonamides is 1. The van der Waals surface area contributed by atoms with Gasteiger partial charge in [-0.1, -0.05) is 48.0 Å². The lowest BCUT2D eigenvalue weighted by Gasteiger charge is -2.17. The predicted molar refractivity (Wildman–Crippen MR) is 127 cm³/mol. The molecule has 7 heteroatoms. The number of aryl methyl sites for hydroxylation is 3. The maximum Gasteiger partial charge on any atom is 0.271 e. The number of fused-ring (bicyclic) bond motifs is 1. The van der Waals surface area contributed by atoms with E-state index in [4.69, 9.17) is 0 Å². The van der Waals surface area contributed by atoms with Gasteiger partial charge in [0, 0.05) is 11.1 Å². The molecule has 0 atom stereocenters. The molecule has 32 heavy (non-hydrogen) atoms. The van der Waals surface area contributed by atoms with Crippen LogP contribution >= 0.6 is 0 Å². The Morgan fingerprint density at radius 3 is 2.56 bits per heavy atom. The number of nitrogens with one attached hydrogen (secondary N) is 2. The third-order valence-electron chi connectivity index (χ3n) is 5.51. The molecule has 3 aromatic carbocycles. The zero-order valence-corrected chi connectivity index (χ0v) is 18.9. The van der Waals surface area contributed by atoms with Gasteiger partial charge in [0.1, 0.15) is 0 Å². The molecule has 0 aromatic heterocycles. The van der Waals surface area contributed by atoms with Crippen LogP contribution in [0.1, 0.15) is 45.5 Å². The Balaban J connectivity index is 1.53. The number of carbonyl (C=O) groups excluding carboxylic acids is 1. The lowest BCUT2D eigenvalue weighted by atomic mass is 9.90. The zero-order chi connectivity index (χ0) is 22.7. The normalized spacial score (nSPS) is 14.6. The van der Waals surface area contributed by atoms with Gasteiger partial charge < -0.3 is 0 Å². The average molecular weight is 448 g/mol. The molecule has 164 valence electrons. The van der Waals surface area contributed by atoms with Crippen LogP contribution in [0.25, 0.3) is 0 Å². The van der Waals surface area contributed by atoms with Crippen LogP contribution < -0.4 is 10.1 Å². The molecule has 0 fully saturated rings. The van der Waals surface area contributed by atoms with E-state index in [2.05, 4.69) is 21.3 Å². The standard InChI is InChI=1S/C25H25N3O3S/c1-17-13-14-23(18(2)15-17)28-32(30,31)21-10-5-9-20(16-21)25(29)27-26-24-12-6-8-19-7-3-4-11-22(19)24/h3-5,7,9-11,13-16,28H,6,8,12H2,1-2H3,(H,27,29)/b26-24+. The van der Waals surface area contributed by atoms with Crippen molar-refractivity contribution in [3.05, 3.63) is 94.5 Å². The largest absolute Gasteiger partial charge is 0.279 e. The fraction of sp³-hybridized carbons (Fsp3) is 0.200. The summed E-state index contributed by atoms with van der Waals surface area (Å²) < 4.78 is 28.4. The minimum Gasteiger partial charge on any atom is -0.279 e. The summed E-state index contributed by atoms with van der Waals surface area (Å²) in [4.78, 5) is 12.7. The highest BCUT2D eigenvalue weighted by atomic mass is 32.2. The molecule has 0 heterocycles. The van der Waals surface area contributed by atoms with Crippen LogP contribution in [-0.2, 0) is 16.4 Å². The molecule has 3 aromatic rings. The van der Waals surface area contributed by atoms with E-state index in [0.717, 1.165) is 41.7 Å². The van der Waals surface area contributed by atoms with E-state index < -0.39 is 15.9 Å². The Kier molecular flexibility index (Phi) is 6.10. The maximum atomic E-state index is 12.9. The SMILES string of the molecule is Cc1ccc(NS(=O)(=O)c2cccc(C(=O)N/N=C3\CCCc4ccccc43)c2)c(C)c1. The van der Waals surface area contributed by atoms with E-state index in [1.54, 1.807) is 18.2 Å². The van der Waals surface area contributed by atoms with Crippen molar-refractivity contribution in [1.29, 1.82) is 0 Å². The lowest BCUT2D eigenvalue weighted by molar-refractivity contribution is 0.0954. The molecular formula is C25H25N3O3S. The number of nitrogens with zero attached hydrogens (tertiary/aromatic N) is 1. The molecule has 0 saturated heterocycles. The van der Waals surface area contributed by atoms with Gasteiger partial charge in [-0.25, -0.2) is 13.8 Å². The smallest absolute Gasteiger partial charge is 0.271 e. The minimum atomic E-state index is -3.85. The molecule has 1 aliphatic rings. The van der Waals surface area contributed by atoms with Gasteiger partial charge in [0.05, 0.1) is 16.3 Å². The van der Waals surface area contributed by atoms with Gasteiger partial charge in [-0.2, -0.15) is 5.10 Å². The van der Waals surface area contributed by atoms with E-state index in [1.807, 2.05) is 44.2 Å². The van der Waals surface area contributed by atoms with Gasteiger partial charge in [0.25, 0.3) is 15.9 Å². The number of rotatable bonds is 5. The number of hydrazone groups is 1. The van der Waals surface area contributed by atoms with E-state index in [0.29, 0.717) is 5.69 Å². The van der Waals surface area contributed by atoms with Gasteiger partial charge in [-0.05, 0) is 68.5 Å². The van der Waals surface area contributed by atoms with Gasteiger partial charge in [0.15, 0.2) is 0 Å². The summed E-state index contributed by atoms with van der Waals surface area (Å²) in [6.45, 7) is 3.79. The van der Waals surface area contributed by atoms with E-state index in [9.17, 15) is 13.2 Å². The van der Waals surface area contributed by atoms with Crippen molar-refractivity contribution >= 4 is 27.3 Å². The van der Waals surface area contributed by atoms with Crippen molar-refractivity contribution in [3.63, 3.8) is 0 Å². The molecular weight excluding hydrogens is 422 g/mol. The summed E-state index contributed by atoms with van der Waals surface area (Å²) in [6.07, 6.45) is 2.76. The summed E-state index contributed by atoms with van der Waals surface area (Å²) in [6, 6.07) is 19.5. The quantitative estimate of drug-likeness (QED) is 0.562. The molecule has 6 nitrogen and oxygen atoms in total. The highest BCUT2D eigenvalue weighted by Crippen LogP contribution is 2.22. The molecule has 0 bridgehead atoms. The number of carbonyl (C=O) groups is 1. The molecule has 1 amide bonds. The van der Waals surface area contributed by atoms with Crippen LogP contribution in [0.2, 0.25) is 0 Å². The van der Waals surface area contributed by atoms with Crippen LogP contribution in [-0.4, -0.2) is 20.0 Å². The topological polar surface area (TPSA) is 87.6 Å². The van der Waals surface area contributed by atoms with E-state index >= 15 is 0 Å². The Morgan fingerprint density at radius 1 is 0.938 bits per heavy atom. The molecule has 0 aliphatic heterocycles. The van der Waals surface area contributed by atoms with Crippen LogP contribution in [0, 0.1) is 13.8 Å². The zero-order valence-electron chi connectivity index (χ0n) is 18.1. The van der Waals surface area contributed by atoms with Crippen molar-refractivity contribution in [2.45, 2.75) is 38.0 Å². The monoisotopic (exact) mass is 447 g/mol. The predicted octanol–water partition coefficient (Wildman–Crippen LogP) is 4.57. The Bertz CT molecular complexity index is 1310. The first-order chi connectivity index (χ1) is 15.3. The van der Waals surface area contributed by atoms with Crippen LogP contribution in [0.5, 0.6) is 0 Å². The number of benzene rings is 3. The van der Waals surface area contributed by atoms with Crippen molar-refractivity contribution in [2.24, 2.45) is 5.10 Å². The highest BCUT2D eigenvalue weighted by molar-refractivity contribution is 7.92. The Labute approximate surface area is 188 Å². The molecule has 0 spiro atoms. The molecule has 4 rings (SSSR count). The molecule has 1 aliphatic carbocycles. The van der Waals surface area contributed by atoms with Crippen LogP contribution in [0.15, 0.2) is 76.7 Å². The number of anilines is 1. The van der Waals surface area contributed by atoms with Crippen molar-refractivity contribution in [2.75, 3.05) is 4.72 Å². The fourth-order valence-corrected chi connectivity index (χ4v) is 5.01. The van der Waals surface area contributed by atoms with Crippen molar-refractivity contribution in [1.82, 2.24) is 5.43 Å². The van der Waals surface area contributed by atoms with Crippen LogP contribution in [0.3, 0.4) is 0 Å². The van der Waals surface area contributed by atoms with Gasteiger partial charge in [-0.15, -0.1) is 0 Å². The number of amides is 1. The lowest BCUT2D eigenvalue weighted by Crippen LogP contribution is -2.22. The maximum absolute atomic E-state index is 12.9. The highest BCUT2D eigenvalue weighted by Gasteiger charge is 2.18. The molecule has 0 saturated carbocycles. The Morgan fingerprint density at radius 2 is 1.75 bits per heavy atom. The van der Waals surface area contributed by atoms with Gasteiger partial charge in [-0.3, -0.25) is 9.52 Å². The number of hydrogen-bond donors (Lipinski definition) is 2. The van der Waals surface area contributed by atoms with Gasteiger partial charge in [0.2, 0.25) is 0 Å². The molecule has 0 unspecified atom stereocenters. The van der Waals surface area contributed by atoms with Crippen LogP contribution in [0.4, 0.5) is 5.69 Å². The summed E-state index contributed by atoms with van der Waals surface area (Å²) in [5, 5.41) is 4.33. The summed E-state index contributed by atoms with van der Waals surface area (Å²) in [5.74, 6) is -0.455. The molecule has 2 N–H and O–H groups in total. The molecule has 0 radical (unpaired) electrons. The van der Waals surface area contributed by atoms with E-state index in [-0.39, 0.29) is 10.5 Å².